The number of aromatic nitrogens is 6. The largest absolute Gasteiger partial charge is 0.511 e. The van der Waals surface area contributed by atoms with Gasteiger partial charge in [0.15, 0.2) is 17.9 Å². The van der Waals surface area contributed by atoms with Crippen LogP contribution < -0.4 is 0 Å². The van der Waals surface area contributed by atoms with Crippen LogP contribution in [0.3, 0.4) is 0 Å². The van der Waals surface area contributed by atoms with Gasteiger partial charge in [-0.25, -0.2) is 19.4 Å². The molecule has 17 nitrogen and oxygen atoms in total. The van der Waals surface area contributed by atoms with Crippen LogP contribution in [0, 0.1) is 0 Å². The third-order valence-electron chi connectivity index (χ3n) is 8.41. The van der Waals surface area contributed by atoms with Gasteiger partial charge in [-0.15, -0.1) is 10.2 Å². The molecular formula is C34H38N6O11. The second kappa shape index (κ2) is 14.8. The number of esters is 1. The maximum atomic E-state index is 13.8. The molecule has 2 aliphatic rings. The molecule has 3 N–H and O–H groups in total. The van der Waals surface area contributed by atoms with Crippen LogP contribution in [0.2, 0.25) is 0 Å². The van der Waals surface area contributed by atoms with Crippen molar-refractivity contribution in [3.63, 3.8) is 0 Å². The first-order chi connectivity index (χ1) is 24.4. The molecule has 0 radical (unpaired) electrons. The number of nitrogens with one attached hydrogen (secondary N) is 1. The van der Waals surface area contributed by atoms with Crippen molar-refractivity contribution in [2.45, 2.75) is 83.4 Å². The summed E-state index contributed by atoms with van der Waals surface area (Å²) in [6.07, 6.45) is -6.05. The fraction of sp³-hybridized carbons (Fsp3) is 0.441. The molecule has 0 aliphatic carbocycles. The van der Waals surface area contributed by atoms with Crippen LogP contribution in [0.4, 0.5) is 9.59 Å². The summed E-state index contributed by atoms with van der Waals surface area (Å²) in [5, 5.41) is 34.4. The Morgan fingerprint density at radius 3 is 2.27 bits per heavy atom. The fourth-order valence-electron chi connectivity index (χ4n) is 6.17. The minimum absolute atomic E-state index is 0.0113. The Kier molecular flexibility index (Phi) is 10.3. The molecule has 4 heterocycles. The van der Waals surface area contributed by atoms with E-state index in [2.05, 4.69) is 25.6 Å². The molecule has 2 aromatic heterocycles. The van der Waals surface area contributed by atoms with Crippen molar-refractivity contribution >= 4 is 18.3 Å². The maximum absolute atomic E-state index is 13.8. The zero-order valence-corrected chi connectivity index (χ0v) is 28.3. The number of ether oxygens (including phenoxy) is 6. The second-order valence-electron chi connectivity index (χ2n) is 12.6. The maximum Gasteiger partial charge on any atom is 0.511 e. The fourth-order valence-corrected chi connectivity index (χ4v) is 6.17. The molecule has 0 amide bonds. The molecule has 2 fully saturated rings. The Hall–Kier alpha value is -5.39. The molecule has 2 aromatic carbocycles. The van der Waals surface area contributed by atoms with Crippen LogP contribution in [0.1, 0.15) is 61.7 Å². The SMILES string of the molecule is CCCc1nc(C(C)(C)O)c(C(=O)OC(C)OC(=O)O[C@H]2CO[C@H]3[C@@H]2OC[C@@H]3OC(=O)O)n1Cc1ccc(-c2ccccc2-c2nn[nH]n2)cc1. The van der Waals surface area contributed by atoms with E-state index < -0.39 is 54.6 Å². The van der Waals surface area contributed by atoms with E-state index in [1.165, 1.54) is 20.8 Å². The monoisotopic (exact) mass is 706 g/mol. The summed E-state index contributed by atoms with van der Waals surface area (Å²) in [5.74, 6) is 0.167. The number of aromatic amines is 1. The van der Waals surface area contributed by atoms with Gasteiger partial charge in [0.25, 0.3) is 0 Å². The average Bonchev–Trinajstić information content (AvgIpc) is 3.88. The first kappa shape index (κ1) is 35.4. The lowest BCUT2D eigenvalue weighted by atomic mass is 9.98. The van der Waals surface area contributed by atoms with E-state index in [0.717, 1.165) is 22.3 Å². The molecule has 0 spiro atoms. The number of carbonyl (C=O) groups is 3. The highest BCUT2D eigenvalue weighted by Gasteiger charge is 2.51. The minimum atomic E-state index is -1.52. The number of aliphatic hydroxyl groups is 1. The Morgan fingerprint density at radius 2 is 1.67 bits per heavy atom. The quantitative estimate of drug-likeness (QED) is 0.108. The number of hydrogen-bond acceptors (Lipinski definition) is 14. The van der Waals surface area contributed by atoms with Gasteiger partial charge in [-0.05, 0) is 42.2 Å². The van der Waals surface area contributed by atoms with Crippen molar-refractivity contribution in [2.75, 3.05) is 13.2 Å². The van der Waals surface area contributed by atoms with Gasteiger partial charge in [0.1, 0.15) is 29.3 Å². The molecule has 4 aromatic rings. The molecule has 0 saturated carbocycles. The molecule has 51 heavy (non-hydrogen) atoms. The summed E-state index contributed by atoms with van der Waals surface area (Å²) in [7, 11) is 0. The van der Waals surface area contributed by atoms with Gasteiger partial charge >= 0.3 is 18.3 Å². The number of tetrazole rings is 1. The van der Waals surface area contributed by atoms with Crippen molar-refractivity contribution in [1.29, 1.82) is 0 Å². The summed E-state index contributed by atoms with van der Waals surface area (Å²) in [5.41, 5.74) is 2.09. The summed E-state index contributed by atoms with van der Waals surface area (Å²) < 4.78 is 33.7. The van der Waals surface area contributed by atoms with Gasteiger partial charge in [0, 0.05) is 25.5 Å². The zero-order chi connectivity index (χ0) is 36.3. The van der Waals surface area contributed by atoms with Gasteiger partial charge in [-0.2, -0.15) is 5.21 Å². The van der Waals surface area contributed by atoms with Crippen molar-refractivity contribution in [2.24, 2.45) is 0 Å². The molecular weight excluding hydrogens is 668 g/mol. The molecule has 0 bridgehead atoms. The van der Waals surface area contributed by atoms with Gasteiger partial charge in [0.05, 0.1) is 13.2 Å². The van der Waals surface area contributed by atoms with Crippen molar-refractivity contribution in [1.82, 2.24) is 30.2 Å². The molecule has 2 saturated heterocycles. The molecule has 2 aliphatic heterocycles. The van der Waals surface area contributed by atoms with E-state index in [4.69, 9.17) is 33.5 Å². The van der Waals surface area contributed by atoms with Gasteiger partial charge in [-0.1, -0.05) is 55.5 Å². The smallest absolute Gasteiger partial charge is 0.450 e. The molecule has 6 rings (SSSR count). The first-order valence-electron chi connectivity index (χ1n) is 16.4. The van der Waals surface area contributed by atoms with Crippen LogP contribution in [-0.4, -0.2) is 103 Å². The van der Waals surface area contributed by atoms with Crippen LogP contribution in [0.15, 0.2) is 48.5 Å². The van der Waals surface area contributed by atoms with Gasteiger partial charge in [-0.3, -0.25) is 0 Å². The van der Waals surface area contributed by atoms with Crippen LogP contribution in [0.25, 0.3) is 22.5 Å². The second-order valence-corrected chi connectivity index (χ2v) is 12.6. The van der Waals surface area contributed by atoms with E-state index in [0.29, 0.717) is 24.5 Å². The summed E-state index contributed by atoms with van der Waals surface area (Å²) >= 11 is 0. The lowest BCUT2D eigenvalue weighted by Crippen LogP contribution is -2.36. The number of benzene rings is 2. The summed E-state index contributed by atoms with van der Waals surface area (Å²) in [6.45, 7) is 6.47. The number of carbonyl (C=O) groups excluding carboxylic acids is 2. The molecule has 1 unspecified atom stereocenters. The Bertz CT molecular complexity index is 1850. The van der Waals surface area contributed by atoms with Crippen molar-refractivity contribution in [3.8, 4) is 22.5 Å². The standard InChI is InChI=1S/C34H38N6O11/c1-5-8-25-35-29(34(3,4)45)26(31(41)48-18(2)49-33(44)51-24-17-47-27-23(50-32(42)43)16-46-28(24)27)40(25)15-19-11-13-20(14-12-19)21-9-6-7-10-22(21)30-36-38-39-37-30/h6-7,9-14,18,23-24,27-28,45H,5,8,15-17H2,1-4H3,(H,42,43)(H,36,37,38,39)/t18?,23-,24-,27+,28+/m0/s1. The first-order valence-corrected chi connectivity index (χ1v) is 16.4. The van der Waals surface area contributed by atoms with Crippen LogP contribution in [0.5, 0.6) is 0 Å². The minimum Gasteiger partial charge on any atom is -0.450 e. The number of imidazole rings is 1. The van der Waals surface area contributed by atoms with Crippen molar-refractivity contribution < 1.29 is 53.0 Å². The molecule has 17 heteroatoms. The lowest BCUT2D eigenvalue weighted by Gasteiger charge is -2.21. The Balaban J connectivity index is 1.17. The number of H-pyrrole nitrogens is 1. The number of aryl methyl sites for hydroxylation is 1. The predicted molar refractivity (Wildman–Crippen MR) is 174 cm³/mol. The highest BCUT2D eigenvalue weighted by atomic mass is 16.8. The zero-order valence-electron chi connectivity index (χ0n) is 28.3. The third-order valence-corrected chi connectivity index (χ3v) is 8.41. The number of nitrogens with zero attached hydrogens (tertiary/aromatic N) is 5. The number of hydrogen-bond donors (Lipinski definition) is 3. The Labute approximate surface area is 291 Å². The summed E-state index contributed by atoms with van der Waals surface area (Å²) in [4.78, 5) is 42.1. The van der Waals surface area contributed by atoms with E-state index in [1.807, 2.05) is 55.5 Å². The van der Waals surface area contributed by atoms with E-state index in [-0.39, 0.29) is 31.1 Å². The van der Waals surface area contributed by atoms with Crippen molar-refractivity contribution in [3.05, 3.63) is 71.3 Å². The highest BCUT2D eigenvalue weighted by Crippen LogP contribution is 2.33. The average molecular weight is 707 g/mol. The van der Waals surface area contributed by atoms with Crippen LogP contribution >= 0.6 is 0 Å². The van der Waals surface area contributed by atoms with Gasteiger partial charge in [0.2, 0.25) is 12.1 Å². The lowest BCUT2D eigenvalue weighted by molar-refractivity contribution is -0.0994. The van der Waals surface area contributed by atoms with E-state index in [1.54, 1.807) is 4.57 Å². The Morgan fingerprint density at radius 1 is 1.00 bits per heavy atom. The number of fused-ring (bicyclic) bond motifs is 1. The molecule has 5 atom stereocenters. The van der Waals surface area contributed by atoms with E-state index in [9.17, 15) is 19.5 Å². The van der Waals surface area contributed by atoms with Gasteiger partial charge < -0.3 is 43.2 Å². The predicted octanol–water partition coefficient (Wildman–Crippen LogP) is 3.84. The normalized spacial score (nSPS) is 20.4. The third kappa shape index (κ3) is 7.84. The van der Waals surface area contributed by atoms with E-state index >= 15 is 0 Å². The van der Waals surface area contributed by atoms with Crippen LogP contribution in [-0.2, 0) is 47.0 Å². The topological polar surface area (TPSA) is 219 Å². The number of rotatable bonds is 12. The highest BCUT2D eigenvalue weighted by molar-refractivity contribution is 5.89. The number of carboxylic acid groups (broad SMARTS) is 1. The summed E-state index contributed by atoms with van der Waals surface area (Å²) in [6, 6.07) is 15.5. The molecule has 270 valence electrons.